The van der Waals surface area contributed by atoms with E-state index in [-0.39, 0.29) is 0 Å². The first-order chi connectivity index (χ1) is 7.68. The van der Waals surface area contributed by atoms with Crippen LogP contribution in [0, 0.1) is 6.92 Å². The van der Waals surface area contributed by atoms with Crippen molar-refractivity contribution in [2.75, 3.05) is 5.73 Å². The molecule has 0 fully saturated rings. The average Bonchev–Trinajstić information content (AvgIpc) is 2.64. The first kappa shape index (κ1) is 11.3. The van der Waals surface area contributed by atoms with Crippen LogP contribution in [-0.2, 0) is 5.75 Å². The summed E-state index contributed by atoms with van der Waals surface area (Å²) in [7, 11) is 0. The molecule has 0 aliphatic rings. The Balaban J connectivity index is 2.14. The summed E-state index contributed by atoms with van der Waals surface area (Å²) >= 11 is 7.58. The van der Waals surface area contributed by atoms with Crippen LogP contribution in [-0.4, -0.2) is 10.3 Å². The Hall–Kier alpha value is -1.20. The van der Waals surface area contributed by atoms with Crippen LogP contribution in [0.1, 0.15) is 11.4 Å². The highest BCUT2D eigenvalue weighted by Crippen LogP contribution is 2.34. The number of aryl methyl sites for hydroxylation is 1. The van der Waals surface area contributed by atoms with Crippen molar-refractivity contribution in [1.29, 1.82) is 0 Å². The van der Waals surface area contributed by atoms with Crippen LogP contribution in [0.5, 0.6) is 0 Å². The maximum atomic E-state index is 6.05. The standard InChI is InChI=1S/C10H10ClN3OS/c1-6-9(14-15-13-6)5-16-10-7(11)3-2-4-8(10)12/h2-4H,5,12H2,1H3. The molecule has 0 aliphatic carbocycles. The third-order valence-corrected chi connectivity index (χ3v) is 3.69. The van der Waals surface area contributed by atoms with Gasteiger partial charge in [-0.05, 0) is 19.1 Å². The fourth-order valence-electron chi connectivity index (χ4n) is 1.20. The van der Waals surface area contributed by atoms with Gasteiger partial charge in [0.15, 0.2) is 0 Å². The summed E-state index contributed by atoms with van der Waals surface area (Å²) < 4.78 is 4.62. The molecule has 16 heavy (non-hydrogen) atoms. The Labute approximate surface area is 102 Å². The van der Waals surface area contributed by atoms with Crippen molar-refractivity contribution in [3.8, 4) is 0 Å². The molecule has 1 heterocycles. The van der Waals surface area contributed by atoms with Crippen LogP contribution >= 0.6 is 23.4 Å². The number of rotatable bonds is 3. The van der Waals surface area contributed by atoms with Gasteiger partial charge in [-0.3, -0.25) is 0 Å². The smallest absolute Gasteiger partial charge is 0.118 e. The van der Waals surface area contributed by atoms with Crippen LogP contribution in [0.2, 0.25) is 5.02 Å². The van der Waals surface area contributed by atoms with Gasteiger partial charge < -0.3 is 5.73 Å². The Morgan fingerprint density at radius 3 is 2.88 bits per heavy atom. The van der Waals surface area contributed by atoms with Gasteiger partial charge in [0.1, 0.15) is 11.4 Å². The van der Waals surface area contributed by atoms with Crippen LogP contribution < -0.4 is 5.73 Å². The number of hydrogen-bond acceptors (Lipinski definition) is 5. The van der Waals surface area contributed by atoms with E-state index in [0.717, 1.165) is 16.3 Å². The van der Waals surface area contributed by atoms with Crippen molar-refractivity contribution in [2.24, 2.45) is 0 Å². The summed E-state index contributed by atoms with van der Waals surface area (Å²) in [5.74, 6) is 0.642. The SMILES string of the molecule is Cc1nonc1CSc1c(N)cccc1Cl. The van der Waals surface area contributed by atoms with Crippen LogP contribution in [0.25, 0.3) is 0 Å². The quantitative estimate of drug-likeness (QED) is 0.675. The second-order valence-electron chi connectivity index (χ2n) is 3.24. The first-order valence-corrected chi connectivity index (χ1v) is 5.99. The van der Waals surface area contributed by atoms with Crippen LogP contribution in [0.3, 0.4) is 0 Å². The van der Waals surface area contributed by atoms with Crippen molar-refractivity contribution in [3.63, 3.8) is 0 Å². The van der Waals surface area contributed by atoms with Gasteiger partial charge in [-0.2, -0.15) is 0 Å². The Morgan fingerprint density at radius 1 is 1.44 bits per heavy atom. The Morgan fingerprint density at radius 2 is 2.25 bits per heavy atom. The summed E-state index contributed by atoms with van der Waals surface area (Å²) in [6.07, 6.45) is 0. The predicted octanol–water partition coefficient (Wildman–Crippen LogP) is 2.91. The zero-order valence-corrected chi connectivity index (χ0v) is 10.2. The Bertz CT molecular complexity index is 480. The molecule has 0 aliphatic heterocycles. The molecule has 0 atom stereocenters. The minimum absolute atomic E-state index is 0.642. The molecular formula is C10H10ClN3OS. The fourth-order valence-corrected chi connectivity index (χ4v) is 2.53. The van der Waals surface area contributed by atoms with E-state index in [0.29, 0.717) is 16.5 Å². The van der Waals surface area contributed by atoms with Gasteiger partial charge in [-0.15, -0.1) is 11.8 Å². The van der Waals surface area contributed by atoms with Crippen molar-refractivity contribution in [1.82, 2.24) is 10.3 Å². The maximum Gasteiger partial charge on any atom is 0.118 e. The second kappa shape index (κ2) is 4.76. The van der Waals surface area contributed by atoms with E-state index in [9.17, 15) is 0 Å². The van der Waals surface area contributed by atoms with E-state index in [1.54, 1.807) is 0 Å². The monoisotopic (exact) mass is 255 g/mol. The maximum absolute atomic E-state index is 6.05. The molecule has 2 aromatic rings. The highest BCUT2D eigenvalue weighted by atomic mass is 35.5. The topological polar surface area (TPSA) is 64.9 Å². The largest absolute Gasteiger partial charge is 0.398 e. The highest BCUT2D eigenvalue weighted by Gasteiger charge is 2.09. The Kier molecular flexibility index (Phi) is 3.36. The lowest BCUT2D eigenvalue weighted by Gasteiger charge is -2.05. The van der Waals surface area contributed by atoms with Gasteiger partial charge in [-0.1, -0.05) is 28.0 Å². The molecule has 1 aromatic carbocycles. The van der Waals surface area contributed by atoms with Gasteiger partial charge in [0.25, 0.3) is 0 Å². The third kappa shape index (κ3) is 2.31. The zero-order valence-electron chi connectivity index (χ0n) is 8.61. The number of anilines is 1. The third-order valence-electron chi connectivity index (χ3n) is 2.10. The molecule has 6 heteroatoms. The molecule has 84 valence electrons. The van der Waals surface area contributed by atoms with Crippen LogP contribution in [0.15, 0.2) is 27.7 Å². The molecule has 0 unspecified atom stereocenters. The van der Waals surface area contributed by atoms with E-state index in [4.69, 9.17) is 17.3 Å². The number of hydrogen-bond donors (Lipinski definition) is 1. The van der Waals surface area contributed by atoms with Crippen LogP contribution in [0.4, 0.5) is 5.69 Å². The molecule has 0 saturated carbocycles. The molecule has 0 amide bonds. The van der Waals surface area contributed by atoms with Gasteiger partial charge in [0.2, 0.25) is 0 Å². The summed E-state index contributed by atoms with van der Waals surface area (Å²) in [6.45, 7) is 1.85. The van der Waals surface area contributed by atoms with Crippen molar-refractivity contribution < 1.29 is 4.63 Å². The lowest BCUT2D eigenvalue weighted by molar-refractivity contribution is 0.302. The normalized spacial score (nSPS) is 10.6. The molecule has 2 N–H and O–H groups in total. The van der Waals surface area contributed by atoms with E-state index in [1.165, 1.54) is 11.8 Å². The highest BCUT2D eigenvalue weighted by molar-refractivity contribution is 7.98. The molecule has 4 nitrogen and oxygen atoms in total. The number of halogens is 1. The second-order valence-corrected chi connectivity index (χ2v) is 4.64. The lowest BCUT2D eigenvalue weighted by atomic mass is 10.3. The molecule has 0 bridgehead atoms. The number of aromatic nitrogens is 2. The van der Waals surface area contributed by atoms with E-state index in [1.807, 2.05) is 25.1 Å². The summed E-state index contributed by atoms with van der Waals surface area (Å²) in [5.41, 5.74) is 8.11. The number of nitrogen functional groups attached to an aromatic ring is 1. The molecule has 0 saturated heterocycles. The first-order valence-electron chi connectivity index (χ1n) is 4.63. The van der Waals surface area contributed by atoms with E-state index < -0.39 is 0 Å². The molecular weight excluding hydrogens is 246 g/mol. The van der Waals surface area contributed by atoms with E-state index in [2.05, 4.69) is 14.9 Å². The summed E-state index contributed by atoms with van der Waals surface area (Å²) in [4.78, 5) is 0.867. The van der Waals surface area contributed by atoms with Crippen molar-refractivity contribution >= 4 is 29.1 Å². The van der Waals surface area contributed by atoms with Crippen molar-refractivity contribution in [3.05, 3.63) is 34.6 Å². The number of nitrogens with two attached hydrogens (primary N) is 1. The number of benzene rings is 1. The molecule has 0 spiro atoms. The van der Waals surface area contributed by atoms with Gasteiger partial charge in [0, 0.05) is 16.3 Å². The summed E-state index contributed by atoms with van der Waals surface area (Å²) in [5, 5.41) is 8.16. The zero-order chi connectivity index (χ0) is 11.5. The molecule has 1 aromatic heterocycles. The van der Waals surface area contributed by atoms with Gasteiger partial charge in [0.05, 0.1) is 5.02 Å². The number of thioether (sulfide) groups is 1. The van der Waals surface area contributed by atoms with Gasteiger partial charge in [-0.25, -0.2) is 4.63 Å². The number of nitrogens with zero attached hydrogens (tertiary/aromatic N) is 2. The lowest BCUT2D eigenvalue weighted by Crippen LogP contribution is -1.90. The molecule has 2 rings (SSSR count). The minimum Gasteiger partial charge on any atom is -0.398 e. The average molecular weight is 256 g/mol. The van der Waals surface area contributed by atoms with E-state index >= 15 is 0 Å². The predicted molar refractivity (Wildman–Crippen MR) is 64.5 cm³/mol. The molecule has 0 radical (unpaired) electrons. The minimum atomic E-state index is 0.642. The van der Waals surface area contributed by atoms with Gasteiger partial charge >= 0.3 is 0 Å². The fraction of sp³-hybridized carbons (Fsp3) is 0.200. The summed E-state index contributed by atoms with van der Waals surface area (Å²) in [6, 6.07) is 5.46. The van der Waals surface area contributed by atoms with Crippen molar-refractivity contribution in [2.45, 2.75) is 17.6 Å².